The highest BCUT2D eigenvalue weighted by atomic mass is 35.5. The first kappa shape index (κ1) is 14.7. The van der Waals surface area contributed by atoms with E-state index in [1.54, 1.807) is 13.8 Å². The van der Waals surface area contributed by atoms with Gasteiger partial charge in [-0.05, 0) is 55.2 Å². The van der Waals surface area contributed by atoms with Crippen molar-refractivity contribution in [2.24, 2.45) is 0 Å². The molecule has 96 valence electrons. The van der Waals surface area contributed by atoms with Gasteiger partial charge in [-0.1, -0.05) is 0 Å². The lowest BCUT2D eigenvalue weighted by Gasteiger charge is -2.09. The summed E-state index contributed by atoms with van der Waals surface area (Å²) in [6.07, 6.45) is 0. The Kier molecular flexibility index (Phi) is 4.87. The summed E-state index contributed by atoms with van der Waals surface area (Å²) in [5.41, 5.74) is 0.272. The normalized spacial score (nSPS) is 10.3. The molecule has 0 saturated heterocycles. The molecule has 1 N–H and O–H groups in total. The smallest absolute Gasteiger partial charge is 0.252 e. The molecule has 1 aromatic rings. The van der Waals surface area contributed by atoms with Gasteiger partial charge in [-0.15, -0.1) is 0 Å². The van der Waals surface area contributed by atoms with Crippen LogP contribution in [0.5, 0.6) is 0 Å². The molecule has 0 bridgehead atoms. The highest BCUT2D eigenvalue weighted by Crippen LogP contribution is 2.15. The van der Waals surface area contributed by atoms with Crippen molar-refractivity contribution in [1.29, 1.82) is 0 Å². The molecule has 0 fully saturated rings. The zero-order valence-corrected chi connectivity index (χ0v) is 11.3. The fourth-order valence-electron chi connectivity index (χ4n) is 1.33. The SMILES string of the molecule is CC(C)NC(=O)c1cc(C(=O)Cl)cc(C(=O)Cl)c1. The molecule has 0 radical (unpaired) electrons. The Morgan fingerprint density at radius 3 is 1.67 bits per heavy atom. The average Bonchev–Trinajstić information content (AvgIpc) is 2.27. The number of hydrogen-bond donors (Lipinski definition) is 1. The fourth-order valence-corrected chi connectivity index (χ4v) is 1.55. The minimum atomic E-state index is -0.756. The zero-order chi connectivity index (χ0) is 13.9. The van der Waals surface area contributed by atoms with E-state index in [0.717, 1.165) is 0 Å². The highest BCUT2D eigenvalue weighted by Gasteiger charge is 2.14. The first-order chi connectivity index (χ1) is 8.31. The first-order valence-corrected chi connectivity index (χ1v) is 5.92. The molecular formula is C12H11Cl2NO3. The molecule has 4 nitrogen and oxygen atoms in total. The monoisotopic (exact) mass is 287 g/mol. The van der Waals surface area contributed by atoms with Gasteiger partial charge >= 0.3 is 0 Å². The maximum absolute atomic E-state index is 11.8. The van der Waals surface area contributed by atoms with E-state index in [0.29, 0.717) is 0 Å². The molecule has 1 aromatic carbocycles. The van der Waals surface area contributed by atoms with Crippen molar-refractivity contribution in [3.8, 4) is 0 Å². The van der Waals surface area contributed by atoms with Crippen LogP contribution in [0.4, 0.5) is 0 Å². The summed E-state index contributed by atoms with van der Waals surface area (Å²) in [6.45, 7) is 3.59. The minimum absolute atomic E-state index is 0.0528. The second-order valence-corrected chi connectivity index (χ2v) is 4.66. The predicted octanol–water partition coefficient (Wildman–Crippen LogP) is 2.58. The summed E-state index contributed by atoms with van der Waals surface area (Å²) >= 11 is 10.7. The Morgan fingerprint density at radius 1 is 0.944 bits per heavy atom. The lowest BCUT2D eigenvalue weighted by atomic mass is 10.1. The van der Waals surface area contributed by atoms with Crippen LogP contribution in [0.1, 0.15) is 44.9 Å². The van der Waals surface area contributed by atoms with Crippen LogP contribution in [0.25, 0.3) is 0 Å². The maximum Gasteiger partial charge on any atom is 0.252 e. The Morgan fingerprint density at radius 2 is 1.33 bits per heavy atom. The summed E-state index contributed by atoms with van der Waals surface area (Å²) in [5, 5.41) is 1.13. The Balaban J connectivity index is 3.23. The van der Waals surface area contributed by atoms with Crippen molar-refractivity contribution in [3.05, 3.63) is 34.9 Å². The summed E-state index contributed by atoms with van der Waals surface area (Å²) < 4.78 is 0. The van der Waals surface area contributed by atoms with E-state index in [-0.39, 0.29) is 22.7 Å². The number of benzene rings is 1. The molecule has 18 heavy (non-hydrogen) atoms. The predicted molar refractivity (Wildman–Crippen MR) is 69.4 cm³/mol. The lowest BCUT2D eigenvalue weighted by Crippen LogP contribution is -2.30. The molecule has 1 rings (SSSR count). The van der Waals surface area contributed by atoms with Crippen LogP contribution in [-0.2, 0) is 0 Å². The molecule has 6 heteroatoms. The van der Waals surface area contributed by atoms with Crippen molar-refractivity contribution in [3.63, 3.8) is 0 Å². The quantitative estimate of drug-likeness (QED) is 0.866. The number of carbonyl (C=O) groups is 3. The van der Waals surface area contributed by atoms with E-state index in [4.69, 9.17) is 23.2 Å². The van der Waals surface area contributed by atoms with E-state index in [9.17, 15) is 14.4 Å². The van der Waals surface area contributed by atoms with Gasteiger partial charge in [0.1, 0.15) is 0 Å². The van der Waals surface area contributed by atoms with Crippen LogP contribution in [0.2, 0.25) is 0 Å². The largest absolute Gasteiger partial charge is 0.350 e. The summed E-state index contributed by atoms with van der Waals surface area (Å²) in [6, 6.07) is 3.81. The van der Waals surface area contributed by atoms with Gasteiger partial charge in [0, 0.05) is 22.7 Å². The third-order valence-electron chi connectivity index (χ3n) is 2.07. The molecular weight excluding hydrogens is 277 g/mol. The third kappa shape index (κ3) is 3.82. The molecule has 0 heterocycles. The average molecular weight is 288 g/mol. The van der Waals surface area contributed by atoms with Crippen molar-refractivity contribution in [2.75, 3.05) is 0 Å². The second-order valence-electron chi connectivity index (χ2n) is 3.97. The minimum Gasteiger partial charge on any atom is -0.350 e. The number of amides is 1. The van der Waals surface area contributed by atoms with Crippen molar-refractivity contribution in [1.82, 2.24) is 5.32 Å². The Labute approximate surface area is 114 Å². The van der Waals surface area contributed by atoms with Crippen LogP contribution < -0.4 is 5.32 Å². The fraction of sp³-hybridized carbons (Fsp3) is 0.250. The lowest BCUT2D eigenvalue weighted by molar-refractivity contribution is 0.0943. The molecule has 0 aliphatic heterocycles. The second kappa shape index (κ2) is 5.98. The molecule has 0 atom stereocenters. The van der Waals surface area contributed by atoms with Crippen LogP contribution in [0.3, 0.4) is 0 Å². The number of carbonyl (C=O) groups excluding carboxylic acids is 3. The van der Waals surface area contributed by atoms with Gasteiger partial charge < -0.3 is 5.32 Å². The van der Waals surface area contributed by atoms with Gasteiger partial charge in [-0.2, -0.15) is 0 Å². The number of halogens is 2. The molecule has 1 amide bonds. The first-order valence-electron chi connectivity index (χ1n) is 5.17. The van der Waals surface area contributed by atoms with E-state index in [1.807, 2.05) is 0 Å². The molecule has 0 aliphatic rings. The highest BCUT2D eigenvalue weighted by molar-refractivity contribution is 6.69. The van der Waals surface area contributed by atoms with Gasteiger partial charge in [0.2, 0.25) is 0 Å². The van der Waals surface area contributed by atoms with Gasteiger partial charge in [0.15, 0.2) is 0 Å². The van der Waals surface area contributed by atoms with E-state index in [1.165, 1.54) is 18.2 Å². The van der Waals surface area contributed by atoms with Gasteiger partial charge in [0.25, 0.3) is 16.4 Å². The van der Waals surface area contributed by atoms with E-state index >= 15 is 0 Å². The van der Waals surface area contributed by atoms with Gasteiger partial charge in [-0.25, -0.2) is 0 Å². The number of hydrogen-bond acceptors (Lipinski definition) is 3. The molecule has 0 aromatic heterocycles. The van der Waals surface area contributed by atoms with Crippen LogP contribution >= 0.6 is 23.2 Å². The summed E-state index contributed by atoms with van der Waals surface area (Å²) in [5.74, 6) is -0.399. The van der Waals surface area contributed by atoms with Crippen LogP contribution in [0.15, 0.2) is 18.2 Å². The topological polar surface area (TPSA) is 63.2 Å². The standard InChI is InChI=1S/C12H11Cl2NO3/c1-6(2)15-12(18)9-4-7(10(13)16)3-8(5-9)11(14)17/h3-6H,1-2H3,(H,15,18). The maximum atomic E-state index is 11.8. The molecule has 0 spiro atoms. The van der Waals surface area contributed by atoms with Crippen LogP contribution in [-0.4, -0.2) is 22.4 Å². The Hall–Kier alpha value is -1.39. The van der Waals surface area contributed by atoms with E-state index in [2.05, 4.69) is 5.32 Å². The summed E-state index contributed by atoms with van der Waals surface area (Å²) in [4.78, 5) is 34.0. The van der Waals surface area contributed by atoms with Crippen molar-refractivity contribution < 1.29 is 14.4 Å². The van der Waals surface area contributed by atoms with Gasteiger partial charge in [-0.3, -0.25) is 14.4 Å². The zero-order valence-electron chi connectivity index (χ0n) is 9.79. The Bertz CT molecular complexity index is 480. The number of rotatable bonds is 4. The molecule has 0 saturated carbocycles. The van der Waals surface area contributed by atoms with Crippen LogP contribution in [0, 0.1) is 0 Å². The number of nitrogens with one attached hydrogen (secondary N) is 1. The van der Waals surface area contributed by atoms with Crippen molar-refractivity contribution >= 4 is 39.6 Å². The summed E-state index contributed by atoms with van der Waals surface area (Å²) in [7, 11) is 0. The third-order valence-corrected chi connectivity index (χ3v) is 2.51. The van der Waals surface area contributed by atoms with Crippen molar-refractivity contribution in [2.45, 2.75) is 19.9 Å². The molecule has 0 aliphatic carbocycles. The molecule has 0 unspecified atom stereocenters. The van der Waals surface area contributed by atoms with E-state index < -0.39 is 16.4 Å². The van der Waals surface area contributed by atoms with Gasteiger partial charge in [0.05, 0.1) is 0 Å².